The third-order valence-electron chi connectivity index (χ3n) is 4.27. The summed E-state index contributed by atoms with van der Waals surface area (Å²) in [6, 6.07) is 5.25. The Hall–Kier alpha value is -0.940. The van der Waals surface area contributed by atoms with Crippen LogP contribution in [0.15, 0.2) is 18.2 Å². The lowest BCUT2D eigenvalue weighted by Crippen LogP contribution is -2.32. The highest BCUT2D eigenvalue weighted by Crippen LogP contribution is 2.33. The minimum atomic E-state index is -2.90. The smallest absolute Gasteiger partial charge is 0.154 e. The zero-order valence-corrected chi connectivity index (χ0v) is 11.5. The second kappa shape index (κ2) is 4.87. The lowest BCUT2D eigenvalue weighted by molar-refractivity contribution is 0.510. The van der Waals surface area contributed by atoms with E-state index >= 15 is 0 Å². The number of benzene rings is 1. The SMILES string of the molecule is O=S1(=O)CCCC1CNC1CCc2c(F)cccc21. The van der Waals surface area contributed by atoms with Gasteiger partial charge in [0.2, 0.25) is 0 Å². The summed E-state index contributed by atoms with van der Waals surface area (Å²) in [5.74, 6) is 0.171. The van der Waals surface area contributed by atoms with Crippen LogP contribution in [0.2, 0.25) is 0 Å². The van der Waals surface area contributed by atoms with Gasteiger partial charge in [-0.1, -0.05) is 12.1 Å². The maximum atomic E-state index is 13.6. The quantitative estimate of drug-likeness (QED) is 0.922. The first-order chi connectivity index (χ1) is 9.08. The van der Waals surface area contributed by atoms with Crippen LogP contribution in [0, 0.1) is 5.82 Å². The standard InChI is InChI=1S/C14H18FNO2S/c15-13-5-1-4-12-11(13)6-7-14(12)16-9-10-3-2-8-19(10,17)18/h1,4-5,10,14,16H,2-3,6-9H2. The fraction of sp³-hybridized carbons (Fsp3) is 0.571. The molecule has 0 bridgehead atoms. The van der Waals surface area contributed by atoms with Gasteiger partial charge in [0.15, 0.2) is 9.84 Å². The summed E-state index contributed by atoms with van der Waals surface area (Å²) >= 11 is 0. The van der Waals surface area contributed by atoms with Crippen LogP contribution in [0.1, 0.15) is 36.4 Å². The molecule has 1 aliphatic heterocycles. The Morgan fingerprint density at radius 1 is 1.32 bits per heavy atom. The van der Waals surface area contributed by atoms with Gasteiger partial charge in [0.25, 0.3) is 0 Å². The molecule has 2 aliphatic rings. The molecule has 0 spiro atoms. The summed E-state index contributed by atoms with van der Waals surface area (Å²) in [4.78, 5) is 0. The van der Waals surface area contributed by atoms with Gasteiger partial charge in [0.05, 0.1) is 11.0 Å². The van der Waals surface area contributed by atoms with Gasteiger partial charge >= 0.3 is 0 Å². The van der Waals surface area contributed by atoms with Crippen LogP contribution in [-0.4, -0.2) is 26.0 Å². The lowest BCUT2D eigenvalue weighted by Gasteiger charge is -2.17. The molecule has 1 saturated heterocycles. The van der Waals surface area contributed by atoms with E-state index in [1.54, 1.807) is 6.07 Å². The van der Waals surface area contributed by atoms with Gasteiger partial charge in [-0.05, 0) is 42.9 Å². The molecular formula is C14H18FNO2S. The Morgan fingerprint density at radius 2 is 2.16 bits per heavy atom. The fourth-order valence-corrected chi connectivity index (χ4v) is 4.96. The molecule has 0 amide bonds. The van der Waals surface area contributed by atoms with Crippen molar-refractivity contribution in [1.29, 1.82) is 0 Å². The fourth-order valence-electron chi connectivity index (χ4n) is 3.18. The summed E-state index contributed by atoms with van der Waals surface area (Å²) < 4.78 is 37.1. The van der Waals surface area contributed by atoms with Crippen molar-refractivity contribution in [2.75, 3.05) is 12.3 Å². The monoisotopic (exact) mass is 283 g/mol. The Bertz CT molecular complexity index is 585. The van der Waals surface area contributed by atoms with Crippen molar-refractivity contribution >= 4 is 9.84 Å². The van der Waals surface area contributed by atoms with Crippen molar-refractivity contribution in [3.63, 3.8) is 0 Å². The zero-order valence-electron chi connectivity index (χ0n) is 10.7. The van der Waals surface area contributed by atoms with Crippen LogP contribution in [0.25, 0.3) is 0 Å². The predicted molar refractivity (Wildman–Crippen MR) is 72.3 cm³/mol. The van der Waals surface area contributed by atoms with E-state index in [-0.39, 0.29) is 17.1 Å². The third kappa shape index (κ3) is 2.41. The van der Waals surface area contributed by atoms with E-state index in [1.807, 2.05) is 6.07 Å². The van der Waals surface area contributed by atoms with E-state index in [2.05, 4.69) is 5.32 Å². The van der Waals surface area contributed by atoms with Crippen LogP contribution in [0.3, 0.4) is 0 Å². The molecular weight excluding hydrogens is 265 g/mol. The molecule has 104 valence electrons. The molecule has 1 aliphatic carbocycles. The molecule has 1 fully saturated rings. The van der Waals surface area contributed by atoms with E-state index in [4.69, 9.17) is 0 Å². The summed E-state index contributed by atoms with van der Waals surface area (Å²) in [6.45, 7) is 0.489. The Morgan fingerprint density at radius 3 is 2.89 bits per heavy atom. The van der Waals surface area contributed by atoms with Gasteiger partial charge in [0, 0.05) is 12.6 Å². The average Bonchev–Trinajstić information content (AvgIpc) is 2.91. The van der Waals surface area contributed by atoms with Gasteiger partial charge in [-0.25, -0.2) is 12.8 Å². The minimum absolute atomic E-state index is 0.0986. The molecule has 5 heteroatoms. The molecule has 2 unspecified atom stereocenters. The largest absolute Gasteiger partial charge is 0.309 e. The summed E-state index contributed by atoms with van der Waals surface area (Å²) in [6.07, 6.45) is 3.10. The maximum absolute atomic E-state index is 13.6. The molecule has 0 aromatic heterocycles. The van der Waals surface area contributed by atoms with Crippen LogP contribution in [0.4, 0.5) is 4.39 Å². The van der Waals surface area contributed by atoms with Crippen molar-refractivity contribution in [1.82, 2.24) is 5.32 Å². The van der Waals surface area contributed by atoms with E-state index in [0.29, 0.717) is 12.3 Å². The Kier molecular flexibility index (Phi) is 3.35. The number of sulfone groups is 1. The molecule has 19 heavy (non-hydrogen) atoms. The summed E-state index contributed by atoms with van der Waals surface area (Å²) in [5.41, 5.74) is 1.78. The Labute approximate surface area is 113 Å². The molecule has 2 atom stereocenters. The molecule has 1 aromatic carbocycles. The summed E-state index contributed by atoms with van der Waals surface area (Å²) in [5, 5.41) is 3.06. The third-order valence-corrected chi connectivity index (χ3v) is 6.54. The number of fused-ring (bicyclic) bond motifs is 1. The highest BCUT2D eigenvalue weighted by atomic mass is 32.2. The number of hydrogen-bond donors (Lipinski definition) is 1. The minimum Gasteiger partial charge on any atom is -0.309 e. The average molecular weight is 283 g/mol. The molecule has 1 N–H and O–H groups in total. The van der Waals surface area contributed by atoms with Crippen LogP contribution >= 0.6 is 0 Å². The van der Waals surface area contributed by atoms with Crippen LogP contribution in [0.5, 0.6) is 0 Å². The molecule has 3 rings (SSSR count). The molecule has 0 radical (unpaired) electrons. The lowest BCUT2D eigenvalue weighted by atomic mass is 10.1. The maximum Gasteiger partial charge on any atom is 0.154 e. The molecule has 1 heterocycles. The second-order valence-electron chi connectivity index (χ2n) is 5.44. The van der Waals surface area contributed by atoms with E-state index in [9.17, 15) is 12.8 Å². The number of rotatable bonds is 3. The van der Waals surface area contributed by atoms with Gasteiger partial charge < -0.3 is 5.32 Å². The van der Waals surface area contributed by atoms with Crippen LogP contribution < -0.4 is 5.32 Å². The van der Waals surface area contributed by atoms with Gasteiger partial charge in [-0.3, -0.25) is 0 Å². The number of nitrogens with one attached hydrogen (secondary N) is 1. The first kappa shape index (κ1) is 13.1. The van der Waals surface area contributed by atoms with Crippen molar-refractivity contribution in [3.05, 3.63) is 35.1 Å². The zero-order chi connectivity index (χ0) is 13.5. The first-order valence-corrected chi connectivity index (χ1v) is 8.52. The van der Waals surface area contributed by atoms with E-state index in [1.165, 1.54) is 6.07 Å². The van der Waals surface area contributed by atoms with Crippen molar-refractivity contribution in [2.24, 2.45) is 0 Å². The molecule has 1 aromatic rings. The highest BCUT2D eigenvalue weighted by molar-refractivity contribution is 7.92. The van der Waals surface area contributed by atoms with Gasteiger partial charge in [-0.2, -0.15) is 0 Å². The first-order valence-electron chi connectivity index (χ1n) is 6.80. The summed E-state index contributed by atoms with van der Waals surface area (Å²) in [7, 11) is -2.90. The normalized spacial score (nSPS) is 28.5. The van der Waals surface area contributed by atoms with E-state index < -0.39 is 9.84 Å². The second-order valence-corrected chi connectivity index (χ2v) is 7.84. The van der Waals surface area contributed by atoms with Gasteiger partial charge in [0.1, 0.15) is 5.82 Å². The van der Waals surface area contributed by atoms with Gasteiger partial charge in [-0.15, -0.1) is 0 Å². The number of hydrogen-bond acceptors (Lipinski definition) is 3. The van der Waals surface area contributed by atoms with Crippen molar-refractivity contribution < 1.29 is 12.8 Å². The molecule has 0 saturated carbocycles. The van der Waals surface area contributed by atoms with Crippen molar-refractivity contribution in [3.8, 4) is 0 Å². The van der Waals surface area contributed by atoms with Crippen molar-refractivity contribution in [2.45, 2.75) is 37.0 Å². The highest BCUT2D eigenvalue weighted by Gasteiger charge is 2.32. The van der Waals surface area contributed by atoms with E-state index in [0.717, 1.165) is 36.8 Å². The number of halogens is 1. The predicted octanol–water partition coefficient (Wildman–Crippen LogP) is 1.98. The molecule has 3 nitrogen and oxygen atoms in total. The Balaban J connectivity index is 1.69. The van der Waals surface area contributed by atoms with Crippen LogP contribution in [-0.2, 0) is 16.3 Å². The topological polar surface area (TPSA) is 46.2 Å².